The van der Waals surface area contributed by atoms with Crippen molar-refractivity contribution in [1.82, 2.24) is 10.2 Å². The summed E-state index contributed by atoms with van der Waals surface area (Å²) in [6, 6.07) is 22.1. The van der Waals surface area contributed by atoms with Gasteiger partial charge >= 0.3 is 0 Å². The number of anilines is 1. The number of rotatable bonds is 7. The van der Waals surface area contributed by atoms with Gasteiger partial charge in [0, 0.05) is 36.7 Å². The van der Waals surface area contributed by atoms with E-state index in [9.17, 15) is 9.59 Å². The van der Waals surface area contributed by atoms with Crippen LogP contribution in [-0.2, 0) is 16.1 Å². The van der Waals surface area contributed by atoms with E-state index in [1.165, 1.54) is 4.90 Å². The molecule has 0 unspecified atom stereocenters. The van der Waals surface area contributed by atoms with Crippen LogP contribution in [0.2, 0.25) is 0 Å². The fourth-order valence-electron chi connectivity index (χ4n) is 4.36. The molecule has 2 fully saturated rings. The van der Waals surface area contributed by atoms with Crippen LogP contribution < -0.4 is 19.7 Å². The third-order valence-electron chi connectivity index (χ3n) is 6.29. The smallest absolute Gasteiger partial charge is 0.270 e. The molecule has 0 spiro atoms. The van der Waals surface area contributed by atoms with Gasteiger partial charge in [0.15, 0.2) is 5.11 Å². The number of thioether (sulfide) groups is 1. The van der Waals surface area contributed by atoms with Crippen LogP contribution in [0.15, 0.2) is 78.4 Å². The lowest BCUT2D eigenvalue weighted by Crippen LogP contribution is -2.54. The van der Waals surface area contributed by atoms with Crippen molar-refractivity contribution >= 4 is 52.7 Å². The van der Waals surface area contributed by atoms with Crippen molar-refractivity contribution in [3.05, 3.63) is 89.5 Å². The van der Waals surface area contributed by atoms with E-state index < -0.39 is 11.8 Å². The van der Waals surface area contributed by atoms with Crippen molar-refractivity contribution in [2.24, 2.45) is 0 Å². The molecule has 38 heavy (non-hydrogen) atoms. The highest BCUT2D eigenvalue weighted by atomic mass is 32.2. The van der Waals surface area contributed by atoms with Crippen LogP contribution in [0.5, 0.6) is 17.2 Å². The first kappa shape index (κ1) is 26.0. The first-order valence-corrected chi connectivity index (χ1v) is 13.8. The van der Waals surface area contributed by atoms with E-state index in [2.05, 4.69) is 10.2 Å². The molecule has 3 aromatic carbocycles. The van der Waals surface area contributed by atoms with Crippen LogP contribution >= 0.6 is 24.0 Å². The molecule has 194 valence electrons. The zero-order chi connectivity index (χ0) is 26.5. The largest absolute Gasteiger partial charge is 0.496 e. The van der Waals surface area contributed by atoms with E-state index in [-0.39, 0.29) is 10.7 Å². The predicted octanol–water partition coefficient (Wildman–Crippen LogP) is 4.87. The maximum absolute atomic E-state index is 13.5. The van der Waals surface area contributed by atoms with Gasteiger partial charge in [-0.3, -0.25) is 24.7 Å². The Morgan fingerprint density at radius 3 is 2.39 bits per heavy atom. The first-order chi connectivity index (χ1) is 18.5. The number of carbonyl (C=O) groups is 2. The summed E-state index contributed by atoms with van der Waals surface area (Å²) in [4.78, 5) is 30.0. The standard InChI is InChI=1S/C29H27N3O4S2/c1-35-26-12-7-20(17-21(26)19-31-13-15-38-16-14-31)18-25-27(33)30-29(37)32(28(25)34)22-8-10-24(11-9-22)36-23-5-3-2-4-6-23/h2-12,17-18H,13-16,19H2,1H3,(H,30,33,37). The molecular weight excluding hydrogens is 518 g/mol. The van der Waals surface area contributed by atoms with Crippen LogP contribution in [0.1, 0.15) is 11.1 Å². The van der Waals surface area contributed by atoms with E-state index >= 15 is 0 Å². The molecule has 1 N–H and O–H groups in total. The zero-order valence-corrected chi connectivity index (χ0v) is 22.5. The predicted molar refractivity (Wildman–Crippen MR) is 155 cm³/mol. The molecule has 3 aromatic rings. The van der Waals surface area contributed by atoms with Gasteiger partial charge in [-0.2, -0.15) is 11.8 Å². The highest BCUT2D eigenvalue weighted by Gasteiger charge is 2.34. The van der Waals surface area contributed by atoms with E-state index in [1.54, 1.807) is 37.5 Å². The number of benzene rings is 3. The Morgan fingerprint density at radius 2 is 1.68 bits per heavy atom. The fraction of sp³-hybridized carbons (Fsp3) is 0.207. The summed E-state index contributed by atoms with van der Waals surface area (Å²) in [5, 5.41) is 2.68. The third-order valence-corrected chi connectivity index (χ3v) is 7.52. The van der Waals surface area contributed by atoms with E-state index in [0.717, 1.165) is 48.0 Å². The van der Waals surface area contributed by atoms with E-state index in [1.807, 2.05) is 60.3 Å². The van der Waals surface area contributed by atoms with Crippen molar-refractivity contribution in [2.45, 2.75) is 6.54 Å². The Kier molecular flexibility index (Phi) is 8.07. The number of hydrogen-bond acceptors (Lipinski definition) is 7. The molecule has 0 saturated carbocycles. The fourth-order valence-corrected chi connectivity index (χ4v) is 5.62. The number of hydrogen-bond donors (Lipinski definition) is 1. The molecule has 0 aromatic heterocycles. The molecule has 0 atom stereocenters. The summed E-state index contributed by atoms with van der Waals surface area (Å²) in [7, 11) is 1.65. The maximum atomic E-state index is 13.5. The quantitative estimate of drug-likeness (QED) is 0.258. The summed E-state index contributed by atoms with van der Waals surface area (Å²) < 4.78 is 11.4. The first-order valence-electron chi connectivity index (χ1n) is 12.2. The summed E-state index contributed by atoms with van der Waals surface area (Å²) >= 11 is 7.31. The van der Waals surface area contributed by atoms with Crippen molar-refractivity contribution in [3.63, 3.8) is 0 Å². The van der Waals surface area contributed by atoms with Crippen LogP contribution in [0.3, 0.4) is 0 Å². The van der Waals surface area contributed by atoms with E-state index in [4.69, 9.17) is 21.7 Å². The zero-order valence-electron chi connectivity index (χ0n) is 20.9. The van der Waals surface area contributed by atoms with Gasteiger partial charge in [-0.15, -0.1) is 0 Å². The Morgan fingerprint density at radius 1 is 0.974 bits per heavy atom. The number of thiocarbonyl (C=S) groups is 1. The molecule has 0 radical (unpaired) electrons. The van der Waals surface area contributed by atoms with Gasteiger partial charge in [0.1, 0.15) is 22.8 Å². The molecule has 7 nitrogen and oxygen atoms in total. The second-order valence-corrected chi connectivity index (χ2v) is 10.4. The van der Waals surface area contributed by atoms with Crippen LogP contribution in [0, 0.1) is 0 Å². The Bertz CT molecular complexity index is 1370. The number of nitrogens with one attached hydrogen (secondary N) is 1. The van der Waals surface area contributed by atoms with Gasteiger partial charge in [0.25, 0.3) is 11.8 Å². The summed E-state index contributed by atoms with van der Waals surface area (Å²) in [5.41, 5.74) is 2.29. The monoisotopic (exact) mass is 545 g/mol. The van der Waals surface area contributed by atoms with Crippen molar-refractivity contribution in [3.8, 4) is 17.2 Å². The second-order valence-electron chi connectivity index (χ2n) is 8.83. The van der Waals surface area contributed by atoms with Gasteiger partial charge in [0.2, 0.25) is 0 Å². The van der Waals surface area contributed by atoms with Crippen LogP contribution in [-0.4, -0.2) is 53.5 Å². The molecule has 2 amide bonds. The number of carbonyl (C=O) groups excluding carboxylic acids is 2. The van der Waals surface area contributed by atoms with E-state index in [0.29, 0.717) is 17.2 Å². The lowest BCUT2D eigenvalue weighted by atomic mass is 10.0. The Hall–Kier alpha value is -3.66. The molecule has 5 rings (SSSR count). The molecule has 2 heterocycles. The number of nitrogens with zero attached hydrogens (tertiary/aromatic N) is 2. The van der Waals surface area contributed by atoms with Crippen molar-refractivity contribution in [1.29, 1.82) is 0 Å². The van der Waals surface area contributed by atoms with Crippen molar-refractivity contribution < 1.29 is 19.1 Å². The van der Waals surface area contributed by atoms with Gasteiger partial charge in [0.05, 0.1) is 12.8 Å². The molecule has 0 aliphatic carbocycles. The van der Waals surface area contributed by atoms with Crippen LogP contribution in [0.25, 0.3) is 6.08 Å². The third kappa shape index (κ3) is 5.91. The number of ether oxygens (including phenoxy) is 2. The van der Waals surface area contributed by atoms with Gasteiger partial charge in [-0.25, -0.2) is 0 Å². The topological polar surface area (TPSA) is 71.1 Å². The summed E-state index contributed by atoms with van der Waals surface area (Å²) in [6.45, 7) is 2.78. The molecule has 2 aliphatic heterocycles. The number of amides is 2. The molecule has 9 heteroatoms. The number of methoxy groups -OCH3 is 1. The molecular formula is C29H27N3O4S2. The highest BCUT2D eigenvalue weighted by Crippen LogP contribution is 2.28. The van der Waals surface area contributed by atoms with Crippen LogP contribution in [0.4, 0.5) is 5.69 Å². The summed E-state index contributed by atoms with van der Waals surface area (Å²) in [5.74, 6) is 3.32. The lowest BCUT2D eigenvalue weighted by molar-refractivity contribution is -0.122. The van der Waals surface area contributed by atoms with Crippen molar-refractivity contribution in [2.75, 3.05) is 36.6 Å². The van der Waals surface area contributed by atoms with Gasteiger partial charge in [-0.1, -0.05) is 24.3 Å². The summed E-state index contributed by atoms with van der Waals surface area (Å²) in [6.07, 6.45) is 1.61. The SMILES string of the molecule is COc1ccc(C=C2C(=O)NC(=S)N(c3ccc(Oc4ccccc4)cc3)C2=O)cc1CN1CCSCC1. The minimum atomic E-state index is -0.522. The molecule has 2 saturated heterocycles. The van der Waals surface area contributed by atoms with Gasteiger partial charge in [-0.05, 0) is 72.4 Å². The normalized spacial score (nSPS) is 17.4. The molecule has 0 bridgehead atoms. The van der Waals surface area contributed by atoms with Gasteiger partial charge < -0.3 is 9.47 Å². The highest BCUT2D eigenvalue weighted by molar-refractivity contribution is 7.99. The lowest BCUT2D eigenvalue weighted by Gasteiger charge is -2.29. The second kappa shape index (κ2) is 11.8. The average molecular weight is 546 g/mol. The molecule has 2 aliphatic rings. The number of para-hydroxylation sites is 1. The minimum Gasteiger partial charge on any atom is -0.496 e. The minimum absolute atomic E-state index is 0.00806. The Balaban J connectivity index is 1.38. The average Bonchev–Trinajstić information content (AvgIpc) is 2.93. The Labute approximate surface area is 231 Å². The maximum Gasteiger partial charge on any atom is 0.270 e.